The van der Waals surface area contributed by atoms with Gasteiger partial charge in [0.25, 0.3) is 0 Å². The molecular weight excluding hydrogens is 881 g/mol. The zero-order chi connectivity index (χ0) is 40.3. The number of hydrogen-bond donors (Lipinski definition) is 0. The first kappa shape index (κ1) is 37.5. The van der Waals surface area contributed by atoms with Gasteiger partial charge in [-0.2, -0.15) is 26.3 Å². The maximum absolute atomic E-state index is 14.2. The van der Waals surface area contributed by atoms with E-state index in [1.165, 1.54) is 24.3 Å². The van der Waals surface area contributed by atoms with Gasteiger partial charge < -0.3 is 29.9 Å². The molecule has 58 heavy (non-hydrogen) atoms. The third-order valence-electron chi connectivity index (χ3n) is 9.58. The molecular formula is C42H20ClF6InN8-2. The summed E-state index contributed by atoms with van der Waals surface area (Å²) in [6, 6.07) is 30.6. The molecule has 2 radical (unpaired) electrons. The number of aromatic nitrogens is 8. The summed E-state index contributed by atoms with van der Waals surface area (Å²) >= 11 is 0.822. The summed E-state index contributed by atoms with van der Waals surface area (Å²) in [5, 5.41) is 1.42. The monoisotopic (exact) mass is 900 g/mol. The number of alkyl halides is 6. The van der Waals surface area contributed by atoms with Gasteiger partial charge in [-0.05, 0) is 46.2 Å². The molecule has 0 unspecified atom stereocenters. The zero-order valence-electron chi connectivity index (χ0n) is 29.3. The summed E-state index contributed by atoms with van der Waals surface area (Å²) in [5.41, 5.74) is 0.774. The minimum atomic E-state index is -4.74. The molecule has 8 aromatic rings. The van der Waals surface area contributed by atoms with Crippen LogP contribution in [0.2, 0.25) is 0 Å². The Morgan fingerprint density at radius 2 is 0.724 bits per heavy atom. The zero-order valence-corrected chi connectivity index (χ0v) is 33.4. The van der Waals surface area contributed by atoms with E-state index < -0.39 is 23.5 Å². The fourth-order valence-corrected chi connectivity index (χ4v) is 7.04. The van der Waals surface area contributed by atoms with Crippen molar-refractivity contribution >= 4 is 65.1 Å². The van der Waals surface area contributed by atoms with Crippen LogP contribution in [-0.2, 0) is 12.4 Å². The third-order valence-corrected chi connectivity index (χ3v) is 9.58. The van der Waals surface area contributed by atoms with Crippen LogP contribution in [0.25, 0.3) is 101 Å². The first-order chi connectivity index (χ1) is 28.0. The van der Waals surface area contributed by atoms with E-state index in [2.05, 4.69) is 0 Å². The maximum atomic E-state index is 14.2. The van der Waals surface area contributed by atoms with Crippen LogP contribution in [0.1, 0.15) is 11.1 Å². The van der Waals surface area contributed by atoms with E-state index in [-0.39, 0.29) is 56.8 Å². The van der Waals surface area contributed by atoms with Crippen LogP contribution in [0.3, 0.4) is 0 Å². The van der Waals surface area contributed by atoms with Crippen molar-refractivity contribution < 1.29 is 26.3 Å². The van der Waals surface area contributed by atoms with E-state index in [1.54, 1.807) is 48.5 Å². The van der Waals surface area contributed by atoms with Crippen molar-refractivity contribution in [3.05, 3.63) is 132 Å². The van der Waals surface area contributed by atoms with Crippen LogP contribution in [-0.4, -0.2) is 53.1 Å². The summed E-state index contributed by atoms with van der Waals surface area (Å²) in [6.45, 7) is 0. The predicted octanol–water partition coefficient (Wildman–Crippen LogP) is 10.7. The van der Waals surface area contributed by atoms with E-state index in [1.807, 2.05) is 24.3 Å². The number of halogens is 7. The molecule has 0 atom stereocenters. The Labute approximate surface area is 342 Å². The minimum absolute atomic E-state index is 0.00527. The summed E-state index contributed by atoms with van der Waals surface area (Å²) < 4.78 is 85.2. The molecule has 0 saturated carbocycles. The molecule has 3 aromatic heterocycles. The van der Waals surface area contributed by atoms with Gasteiger partial charge in [0, 0.05) is 56.0 Å². The Morgan fingerprint density at radius 1 is 0.397 bits per heavy atom. The third kappa shape index (κ3) is 6.57. The van der Waals surface area contributed by atoms with Crippen molar-refractivity contribution in [2.24, 2.45) is 0 Å². The Kier molecular flexibility index (Phi) is 9.31. The Balaban J connectivity index is 0.00000215. The fourth-order valence-electron chi connectivity index (χ4n) is 7.04. The average molecular weight is 901 g/mol. The summed E-state index contributed by atoms with van der Waals surface area (Å²) in [4.78, 5) is 38.5. The van der Waals surface area contributed by atoms with Gasteiger partial charge in [0.1, 0.15) is 0 Å². The number of nitrogens with zero attached hydrogens (tertiary/aromatic N) is 8. The van der Waals surface area contributed by atoms with Crippen molar-refractivity contribution in [3.8, 4) is 67.8 Å². The molecule has 0 N–H and O–H groups in total. The Bertz CT molecular complexity index is 2900. The van der Waals surface area contributed by atoms with Gasteiger partial charge in [0.05, 0.1) is 34.4 Å². The molecule has 2 aliphatic heterocycles. The van der Waals surface area contributed by atoms with Crippen molar-refractivity contribution in [2.45, 2.75) is 12.4 Å². The number of hydrogen-bond acceptors (Lipinski definition) is 6. The predicted molar refractivity (Wildman–Crippen MR) is 209 cm³/mol. The second-order valence-corrected chi connectivity index (χ2v) is 13.0. The van der Waals surface area contributed by atoms with Crippen molar-refractivity contribution in [2.75, 3.05) is 0 Å². The van der Waals surface area contributed by atoms with Crippen LogP contribution in [0.15, 0.2) is 121 Å². The van der Waals surface area contributed by atoms with E-state index in [0.717, 1.165) is 47.5 Å². The van der Waals surface area contributed by atoms with E-state index in [9.17, 15) is 26.3 Å². The SMILES string of the molecule is FC(F)(F)c1cccc(-c2c(-c3cccc(C(F)(F)F)c3)c3nc4nc(nc5[n-]c(nc6nc(nc2[n-]3)-c2ccccc2-6)c2ccccc52)-c2ccccc2-4)c1.[Cl][In]. The van der Waals surface area contributed by atoms with Crippen LogP contribution in [0, 0.1) is 0 Å². The standard InChI is InChI=1S/C42H20F6N8.ClH.In/c43-41(44,45)23-11-7-9-21(19-23)31-32(22-10-8-12-24(20-22)42(46,47)48)40-55-38-30-18-6-4-16-28(30)36(53-38)51-34-26-14-2-1-13-25(26)33(49-34)50-35-27-15-3-5-17-29(27)37(52-35)54-39(31)56-40;;/h1-20H;1H;/q-2;;+1/p-1. The molecule has 5 aromatic carbocycles. The Morgan fingerprint density at radius 3 is 1.09 bits per heavy atom. The van der Waals surface area contributed by atoms with Crippen molar-refractivity contribution in [1.82, 2.24) is 39.9 Å². The molecule has 0 amide bonds. The van der Waals surface area contributed by atoms with Crippen LogP contribution < -0.4 is 9.97 Å². The van der Waals surface area contributed by atoms with Crippen LogP contribution in [0.5, 0.6) is 0 Å². The van der Waals surface area contributed by atoms with E-state index >= 15 is 0 Å². The van der Waals surface area contributed by atoms with Crippen molar-refractivity contribution in [1.29, 1.82) is 0 Å². The normalized spacial score (nSPS) is 12.1. The van der Waals surface area contributed by atoms with E-state index in [0.29, 0.717) is 44.3 Å². The summed E-state index contributed by atoms with van der Waals surface area (Å²) in [5.74, 6) is 0.768. The first-order valence-corrected chi connectivity index (χ1v) is 21.5. The first-order valence-electron chi connectivity index (χ1n) is 17.3. The Hall–Kier alpha value is -6.06. The molecule has 0 fully saturated rings. The fraction of sp³-hybridized carbons (Fsp3) is 0.0476. The quantitative estimate of drug-likeness (QED) is 0.158. The second kappa shape index (κ2) is 14.4. The van der Waals surface area contributed by atoms with Gasteiger partial charge in [0.2, 0.25) is 0 Å². The topological polar surface area (TPSA) is 106 Å². The second-order valence-electron chi connectivity index (χ2n) is 13.0. The van der Waals surface area contributed by atoms with Gasteiger partial charge in [-0.3, -0.25) is 0 Å². The van der Waals surface area contributed by atoms with Crippen LogP contribution >= 0.6 is 8.58 Å². The van der Waals surface area contributed by atoms with E-state index in [4.69, 9.17) is 48.4 Å². The molecule has 0 saturated heterocycles. The molecule has 8 nitrogen and oxygen atoms in total. The number of benzene rings is 5. The van der Waals surface area contributed by atoms with Gasteiger partial charge in [0.15, 0.2) is 0 Å². The summed E-state index contributed by atoms with van der Waals surface area (Å²) in [6.07, 6.45) is -9.47. The number of fused-ring (bicyclic) bond motifs is 17. The van der Waals surface area contributed by atoms with Crippen molar-refractivity contribution in [3.63, 3.8) is 0 Å². The van der Waals surface area contributed by atoms with Crippen LogP contribution in [0.4, 0.5) is 26.3 Å². The molecule has 2 aliphatic rings. The van der Waals surface area contributed by atoms with Gasteiger partial charge in [-0.15, -0.1) is 0 Å². The molecule has 0 aliphatic carbocycles. The summed E-state index contributed by atoms with van der Waals surface area (Å²) in [7, 11) is 4.77. The molecule has 10 rings (SSSR count). The van der Waals surface area contributed by atoms with Gasteiger partial charge in [-0.1, -0.05) is 97.1 Å². The molecule has 0 spiro atoms. The van der Waals surface area contributed by atoms with Gasteiger partial charge >= 0.3 is 44.1 Å². The molecule has 8 bridgehead atoms. The number of rotatable bonds is 2. The average Bonchev–Trinajstić information content (AvgIpc) is 3.97. The molecule has 5 heterocycles. The van der Waals surface area contributed by atoms with Gasteiger partial charge in [-0.25, -0.2) is 9.97 Å². The molecule has 282 valence electrons. The molecule has 16 heteroatoms.